The molecule has 4 bridgehead atoms. The number of likely N-dealkylation sites (tertiary alicyclic amines) is 1. The molecule has 1 aliphatic carbocycles. The number of likely N-dealkylation sites (N-methyl/N-ethyl adjacent to an activating group) is 1. The molecule has 21 heteroatoms. The third-order valence-corrected chi connectivity index (χ3v) is 15.8. The Hall–Kier alpha value is -4.63. The molecule has 68 heavy (non-hydrogen) atoms. The first-order valence-electron chi connectivity index (χ1n) is 23.0. The topological polar surface area (TPSA) is 223 Å². The molecular formula is C47H63BClN5O13S. The summed E-state index contributed by atoms with van der Waals surface area (Å²) in [7, 11) is 11.2. The summed E-state index contributed by atoms with van der Waals surface area (Å²) in [5.74, 6) is -2.63. The van der Waals surface area contributed by atoms with Gasteiger partial charge < -0.3 is 43.8 Å². The number of fused-ring (bicyclic) bond motifs is 5. The van der Waals surface area contributed by atoms with E-state index in [0.717, 1.165) is 11.1 Å². The van der Waals surface area contributed by atoms with Gasteiger partial charge in [0.2, 0.25) is 37.5 Å². The summed E-state index contributed by atoms with van der Waals surface area (Å²) in [6, 6.07) is 2.41. The Labute approximate surface area is 407 Å². The number of nitrogens with zero attached hydrogens (tertiary/aromatic N) is 3. The summed E-state index contributed by atoms with van der Waals surface area (Å²) in [5.41, 5.74) is -1.15. The first kappa shape index (κ1) is 52.7. The van der Waals surface area contributed by atoms with Gasteiger partial charge in [-0.2, -0.15) is 0 Å². The van der Waals surface area contributed by atoms with E-state index < -0.39 is 76.8 Å². The van der Waals surface area contributed by atoms with E-state index in [1.165, 1.54) is 54.7 Å². The summed E-state index contributed by atoms with van der Waals surface area (Å²) in [5, 5.41) is 16.1. The van der Waals surface area contributed by atoms with Crippen LogP contribution >= 0.6 is 23.4 Å². The number of halogens is 1. The highest BCUT2D eigenvalue weighted by Gasteiger charge is 2.64. The van der Waals surface area contributed by atoms with Crippen molar-refractivity contribution < 1.29 is 62.4 Å². The van der Waals surface area contributed by atoms with E-state index in [4.69, 9.17) is 43.3 Å². The summed E-state index contributed by atoms with van der Waals surface area (Å²) < 4.78 is 29.4. The van der Waals surface area contributed by atoms with E-state index in [2.05, 4.69) is 10.5 Å². The Balaban J connectivity index is 1.15. The zero-order chi connectivity index (χ0) is 49.8. The molecule has 6 amide bonds. The van der Waals surface area contributed by atoms with Gasteiger partial charge in [0.1, 0.15) is 40.7 Å². The predicted octanol–water partition coefficient (Wildman–Crippen LogP) is 3.77. The van der Waals surface area contributed by atoms with Crippen LogP contribution in [0.15, 0.2) is 35.9 Å². The second-order valence-electron chi connectivity index (χ2n) is 18.8. The number of esters is 1. The summed E-state index contributed by atoms with van der Waals surface area (Å²) in [6.45, 7) is 7.14. The molecule has 18 nitrogen and oxygen atoms in total. The number of amides is 6. The number of thioether (sulfide) groups is 1. The highest BCUT2D eigenvalue weighted by Crippen LogP contribution is 2.49. The Morgan fingerprint density at radius 2 is 1.82 bits per heavy atom. The Bertz CT molecular complexity index is 2190. The smallest absolute Gasteiger partial charge is 0.409 e. The number of imide groups is 1. The van der Waals surface area contributed by atoms with Gasteiger partial charge in [-0.05, 0) is 76.5 Å². The van der Waals surface area contributed by atoms with Crippen molar-refractivity contribution in [3.63, 3.8) is 0 Å². The number of hydrogen-bond acceptors (Lipinski definition) is 14. The minimum Gasteiger partial charge on any atom is -0.495 e. The quantitative estimate of drug-likeness (QED) is 0.118. The average Bonchev–Trinajstić information content (AvgIpc) is 3.94. The summed E-state index contributed by atoms with van der Waals surface area (Å²) in [4.78, 5) is 97.0. The number of anilines is 1. The Morgan fingerprint density at radius 1 is 1.12 bits per heavy atom. The van der Waals surface area contributed by atoms with E-state index in [0.29, 0.717) is 43.5 Å². The highest BCUT2D eigenvalue weighted by molar-refractivity contribution is 8.00. The lowest BCUT2D eigenvalue weighted by atomic mass is 9.81. The maximum Gasteiger partial charge on any atom is 0.409 e. The van der Waals surface area contributed by atoms with E-state index in [9.17, 15) is 38.7 Å². The van der Waals surface area contributed by atoms with E-state index >= 15 is 0 Å². The minimum absolute atomic E-state index is 0.0189. The number of epoxide rings is 1. The number of methoxy groups -OCH3 is 2. The lowest BCUT2D eigenvalue weighted by Crippen LogP contribution is -2.63. The van der Waals surface area contributed by atoms with Crippen molar-refractivity contribution in [3.05, 3.63) is 46.5 Å². The molecule has 0 spiro atoms. The van der Waals surface area contributed by atoms with Gasteiger partial charge in [-0.25, -0.2) is 9.59 Å². The van der Waals surface area contributed by atoms with Crippen LogP contribution in [-0.2, 0) is 54.1 Å². The average molecular weight is 984 g/mol. The van der Waals surface area contributed by atoms with Crippen molar-refractivity contribution in [2.75, 3.05) is 45.5 Å². The number of ether oxygens (including phenoxy) is 5. The van der Waals surface area contributed by atoms with Gasteiger partial charge in [-0.3, -0.25) is 34.2 Å². The van der Waals surface area contributed by atoms with Crippen LogP contribution in [0, 0.1) is 17.8 Å². The molecule has 6 rings (SSSR count). The van der Waals surface area contributed by atoms with Gasteiger partial charge in [0, 0.05) is 64.6 Å². The first-order valence-corrected chi connectivity index (χ1v) is 24.4. The van der Waals surface area contributed by atoms with Crippen LogP contribution in [0.5, 0.6) is 5.75 Å². The molecule has 1 saturated carbocycles. The number of carbonyl (C=O) groups excluding carboxylic acids is 7. The van der Waals surface area contributed by atoms with Crippen LogP contribution in [0.25, 0.3) is 0 Å². The SMILES string of the molecule is [B]NC(=O)C1CCC(CN2C(=O)CC(SCCC(=O)N(C)C(C)C(=O)OC3CC(=O)N(C)c4cc(cc(OC)c4Cl)C/C(C)=C/C=C/[C@@H](OC)[C@@]4(O)C[C@H](OC(=O)N4)[C@@H](C)[C@@H]4O[C@@]34C)C2=O)CC1. The number of rotatable bonds is 12. The van der Waals surface area contributed by atoms with Crippen molar-refractivity contribution in [2.45, 2.75) is 133 Å². The summed E-state index contributed by atoms with van der Waals surface area (Å²) in [6.07, 6.45) is 3.06. The van der Waals surface area contributed by atoms with Crippen molar-refractivity contribution in [1.82, 2.24) is 20.3 Å². The molecule has 4 heterocycles. The van der Waals surface area contributed by atoms with Gasteiger partial charge >= 0.3 is 12.1 Å². The standard InChI is InChI=1S/C47H63BClN5O13S/c1-25-10-9-11-35(64-8)47(62)23-33(65-45(61)50-47)26(2)41-46(4,67-41)36(22-38(56)53(6)31-19-29(18-25)20-32(63-7)40(31)49)66-44(60)27(3)52(5)37(55)16-17-68-34-21-39(57)54(43(34)59)24-28-12-14-30(15-13-28)42(58)51-48/h9-11,19-20,26-28,30,33-36,41,62H,12-18,21-24H2,1-8H3,(H,50,61)(H,51,58)/b11-9+,25-10+/t26-,27?,28?,30?,33+,34?,35-,36?,41+,46+,47+/m1/s1. The molecule has 3 saturated heterocycles. The fraction of sp³-hybridized carbons (Fsp3) is 0.638. The Morgan fingerprint density at radius 3 is 2.49 bits per heavy atom. The van der Waals surface area contributed by atoms with E-state index in [1.54, 1.807) is 45.2 Å². The van der Waals surface area contributed by atoms with Crippen molar-refractivity contribution in [2.24, 2.45) is 17.8 Å². The molecule has 4 aliphatic heterocycles. The molecule has 2 radical (unpaired) electrons. The number of nitrogens with one attached hydrogen (secondary N) is 2. The molecule has 9 atom stereocenters. The number of hydrogen-bond donors (Lipinski definition) is 3. The normalized spacial score (nSPS) is 32.7. The van der Waals surface area contributed by atoms with E-state index in [1.807, 2.05) is 13.0 Å². The first-order chi connectivity index (χ1) is 32.1. The van der Waals surface area contributed by atoms with Gasteiger partial charge in [0.25, 0.3) is 0 Å². The predicted molar refractivity (Wildman–Crippen MR) is 252 cm³/mol. The number of allylic oxidation sites excluding steroid dienone is 3. The van der Waals surface area contributed by atoms with Crippen LogP contribution in [0.1, 0.15) is 84.6 Å². The fourth-order valence-electron chi connectivity index (χ4n) is 9.64. The third-order valence-electron chi connectivity index (χ3n) is 14.2. The number of alkyl carbamates (subject to hydrolysis) is 1. The molecule has 1 aromatic carbocycles. The number of carbonyl (C=O) groups is 7. The molecule has 3 N–H and O–H groups in total. The van der Waals surface area contributed by atoms with Crippen LogP contribution in [0.2, 0.25) is 5.02 Å². The molecule has 370 valence electrons. The maximum absolute atomic E-state index is 14.3. The maximum atomic E-state index is 14.3. The largest absolute Gasteiger partial charge is 0.495 e. The van der Waals surface area contributed by atoms with Crippen molar-refractivity contribution in [1.29, 1.82) is 0 Å². The number of benzene rings is 1. The van der Waals surface area contributed by atoms with Crippen molar-refractivity contribution in [3.8, 4) is 5.75 Å². The lowest BCUT2D eigenvalue weighted by molar-refractivity contribution is -0.162. The van der Waals surface area contributed by atoms with Crippen LogP contribution < -0.4 is 20.2 Å². The molecular weight excluding hydrogens is 921 g/mol. The zero-order valence-corrected chi connectivity index (χ0v) is 41.5. The Kier molecular flexibility index (Phi) is 17.1. The highest BCUT2D eigenvalue weighted by atomic mass is 35.5. The van der Waals surface area contributed by atoms with Gasteiger partial charge in [-0.15, -0.1) is 11.8 Å². The monoisotopic (exact) mass is 983 g/mol. The molecule has 5 aliphatic rings. The zero-order valence-electron chi connectivity index (χ0n) is 39.9. The van der Waals surface area contributed by atoms with Gasteiger partial charge in [-0.1, -0.05) is 42.3 Å². The van der Waals surface area contributed by atoms with Crippen molar-refractivity contribution >= 4 is 78.6 Å². The number of aliphatic hydroxyl groups is 1. The second-order valence-corrected chi connectivity index (χ2v) is 20.5. The molecule has 1 aromatic rings. The summed E-state index contributed by atoms with van der Waals surface area (Å²) >= 11 is 8.02. The van der Waals surface area contributed by atoms with Crippen LogP contribution in [-0.4, -0.2) is 152 Å². The molecule has 3 unspecified atom stereocenters. The lowest BCUT2D eigenvalue weighted by Gasteiger charge is -2.42. The van der Waals surface area contributed by atoms with Crippen LogP contribution in [0.4, 0.5) is 10.5 Å². The second kappa shape index (κ2) is 22.0. The molecule has 4 fully saturated rings. The third kappa shape index (κ3) is 11.7. The van der Waals surface area contributed by atoms with E-state index in [-0.39, 0.29) is 72.6 Å². The molecule has 0 aromatic heterocycles. The van der Waals surface area contributed by atoms with Gasteiger partial charge in [0.15, 0.2) is 5.72 Å². The minimum atomic E-state index is -1.87. The van der Waals surface area contributed by atoms with Crippen LogP contribution in [0.3, 0.4) is 0 Å². The van der Waals surface area contributed by atoms with Gasteiger partial charge in [0.05, 0.1) is 30.6 Å². The fourth-order valence-corrected chi connectivity index (χ4v) is 11.1.